The summed E-state index contributed by atoms with van der Waals surface area (Å²) >= 11 is 6.55. The number of carbonyl (C=O) groups is 3. The van der Waals surface area contributed by atoms with E-state index in [2.05, 4.69) is 37.4 Å². The monoisotopic (exact) mass is 726 g/mol. The molecule has 3 aliphatic rings. The van der Waals surface area contributed by atoms with Gasteiger partial charge in [0.15, 0.2) is 11.0 Å². The number of nitrogens with zero attached hydrogens (tertiary/aromatic N) is 6. The second-order valence-electron chi connectivity index (χ2n) is 15.6. The van der Waals surface area contributed by atoms with Crippen molar-refractivity contribution in [1.29, 1.82) is 0 Å². The average Bonchev–Trinajstić information content (AvgIpc) is 3.40. The number of hydrogen-bond acceptors (Lipinski definition) is 10. The van der Waals surface area contributed by atoms with Gasteiger partial charge < -0.3 is 35.5 Å². The van der Waals surface area contributed by atoms with Crippen molar-refractivity contribution in [1.82, 2.24) is 35.3 Å². The number of rotatable bonds is 11. The number of hydrogen-bond donors (Lipinski definition) is 4. The van der Waals surface area contributed by atoms with Gasteiger partial charge in [-0.1, -0.05) is 48.9 Å². The van der Waals surface area contributed by atoms with Gasteiger partial charge in [0.1, 0.15) is 11.7 Å². The van der Waals surface area contributed by atoms with Gasteiger partial charge in [0, 0.05) is 63.8 Å². The summed E-state index contributed by atoms with van der Waals surface area (Å²) in [6, 6.07) is 8.60. The summed E-state index contributed by atoms with van der Waals surface area (Å²) < 4.78 is 0. The summed E-state index contributed by atoms with van der Waals surface area (Å²) in [5.74, 6) is -0.675. The highest BCUT2D eigenvalue weighted by Gasteiger charge is 2.39. The molecule has 2 aromatic rings. The Bertz CT molecular complexity index is 1490. The van der Waals surface area contributed by atoms with Crippen LogP contribution in [-0.2, 0) is 16.0 Å². The van der Waals surface area contributed by atoms with Gasteiger partial charge in [0.05, 0.1) is 24.4 Å². The van der Waals surface area contributed by atoms with Gasteiger partial charge in [0.25, 0.3) is 5.91 Å². The molecule has 5 rings (SSSR count). The lowest BCUT2D eigenvalue weighted by atomic mass is 9.91. The molecule has 2 aliphatic heterocycles. The number of β-amino-alcohol motifs (C(OH)–C–C–N with tert-alkyl or cyclic N) is 1. The van der Waals surface area contributed by atoms with E-state index >= 15 is 0 Å². The van der Waals surface area contributed by atoms with Crippen LogP contribution in [0.1, 0.15) is 63.0 Å². The SMILES string of the molecule is C[C@H]1CC[C@@H](O)[C@H]1NC(=O)[C@H](Cc1ccccc1)C[C@H](O)CN1CCN(C(=O)c2cnc(N3CCN(C)CC3)c(Cl)n2)C[C@H]1C(=O)NC(C)(C)C. The van der Waals surface area contributed by atoms with Gasteiger partial charge >= 0.3 is 0 Å². The second-order valence-corrected chi connectivity index (χ2v) is 16.0. The highest BCUT2D eigenvalue weighted by molar-refractivity contribution is 6.31. The summed E-state index contributed by atoms with van der Waals surface area (Å²) in [6.07, 6.45) is 2.00. The van der Waals surface area contributed by atoms with Crippen molar-refractivity contribution in [2.24, 2.45) is 11.8 Å². The first-order valence-corrected chi connectivity index (χ1v) is 18.6. The summed E-state index contributed by atoms with van der Waals surface area (Å²) in [6.45, 7) is 11.8. The van der Waals surface area contributed by atoms with Crippen LogP contribution in [0.15, 0.2) is 36.5 Å². The van der Waals surface area contributed by atoms with Crippen LogP contribution in [0.3, 0.4) is 0 Å². The summed E-state index contributed by atoms with van der Waals surface area (Å²) in [5.41, 5.74) is 0.559. The molecule has 1 aliphatic carbocycles. The molecular formula is C37H55ClN8O5. The van der Waals surface area contributed by atoms with Crippen LogP contribution < -0.4 is 15.5 Å². The molecule has 0 bridgehead atoms. The number of aliphatic hydroxyl groups is 2. The number of aromatic nitrogens is 2. The predicted molar refractivity (Wildman–Crippen MR) is 197 cm³/mol. The number of anilines is 1. The van der Waals surface area contributed by atoms with E-state index in [1.807, 2.05) is 62.9 Å². The molecule has 1 saturated carbocycles. The Hall–Kier alpha value is -3.36. The van der Waals surface area contributed by atoms with Crippen molar-refractivity contribution in [2.75, 3.05) is 64.3 Å². The van der Waals surface area contributed by atoms with E-state index in [-0.39, 0.29) is 60.0 Å². The number of benzene rings is 1. The summed E-state index contributed by atoms with van der Waals surface area (Å²) in [7, 11) is 2.06. The fourth-order valence-electron chi connectivity index (χ4n) is 7.33. The van der Waals surface area contributed by atoms with Crippen LogP contribution in [-0.4, -0.2) is 142 Å². The third-order valence-electron chi connectivity index (χ3n) is 10.3. The van der Waals surface area contributed by atoms with Gasteiger partial charge in [-0.2, -0.15) is 0 Å². The van der Waals surface area contributed by atoms with E-state index in [4.69, 9.17) is 11.6 Å². The van der Waals surface area contributed by atoms with Gasteiger partial charge in [0.2, 0.25) is 11.8 Å². The lowest BCUT2D eigenvalue weighted by Gasteiger charge is -2.42. The van der Waals surface area contributed by atoms with E-state index in [1.165, 1.54) is 6.20 Å². The normalized spacial score (nSPS) is 24.6. The molecule has 6 atom stereocenters. The van der Waals surface area contributed by atoms with Crippen LogP contribution in [0.2, 0.25) is 5.15 Å². The van der Waals surface area contributed by atoms with Gasteiger partial charge in [-0.05, 0) is 65.0 Å². The number of carbonyl (C=O) groups excluding carboxylic acids is 3. The lowest BCUT2D eigenvalue weighted by Crippen LogP contribution is -2.63. The zero-order valence-corrected chi connectivity index (χ0v) is 31.3. The molecule has 2 saturated heterocycles. The highest BCUT2D eigenvalue weighted by atomic mass is 35.5. The van der Waals surface area contributed by atoms with Gasteiger partial charge in [-0.25, -0.2) is 9.97 Å². The van der Waals surface area contributed by atoms with Gasteiger partial charge in [-0.3, -0.25) is 19.3 Å². The molecule has 0 unspecified atom stereocenters. The first-order valence-electron chi connectivity index (χ1n) is 18.2. The molecule has 0 radical (unpaired) electrons. The number of piperazine rings is 2. The minimum absolute atomic E-state index is 0.0817. The maximum absolute atomic E-state index is 13.7. The largest absolute Gasteiger partial charge is 0.392 e. The van der Waals surface area contributed by atoms with Gasteiger partial charge in [-0.15, -0.1) is 0 Å². The first kappa shape index (κ1) is 38.9. The first-order chi connectivity index (χ1) is 24.2. The Morgan fingerprint density at radius 1 is 1.04 bits per heavy atom. The summed E-state index contributed by atoms with van der Waals surface area (Å²) in [5, 5.41) is 28.3. The van der Waals surface area contributed by atoms with Crippen molar-refractivity contribution in [2.45, 2.75) is 83.2 Å². The molecule has 13 nitrogen and oxygen atoms in total. The molecule has 0 spiro atoms. The zero-order valence-electron chi connectivity index (χ0n) is 30.6. The molecule has 1 aromatic carbocycles. The standard InChI is InChI=1S/C37H55ClN8O5/c1-24-11-12-30(48)31(24)41-34(49)26(19-25-9-7-6-8-10-25)20-27(47)22-45-17-18-46(23-29(45)35(50)42-37(2,3)4)36(51)28-21-39-33(32(38)40-28)44-15-13-43(5)14-16-44/h6-10,21,24,26-27,29-31,47-48H,11-20,22-23H2,1-5H3,(H,41,49)(H,42,50)/t24-,26+,27-,29-,30+,31-/m0/s1. The Labute approximate surface area is 306 Å². The molecule has 1 aromatic heterocycles. The van der Waals surface area contributed by atoms with Crippen molar-refractivity contribution < 1.29 is 24.6 Å². The summed E-state index contributed by atoms with van der Waals surface area (Å²) in [4.78, 5) is 57.8. The van der Waals surface area contributed by atoms with Crippen LogP contribution >= 0.6 is 11.6 Å². The third kappa shape index (κ3) is 10.4. The molecule has 3 fully saturated rings. The lowest BCUT2D eigenvalue weighted by molar-refractivity contribution is -0.131. The smallest absolute Gasteiger partial charge is 0.274 e. The van der Waals surface area contributed by atoms with Crippen LogP contribution in [0.5, 0.6) is 0 Å². The molecule has 4 N–H and O–H groups in total. The minimum Gasteiger partial charge on any atom is -0.392 e. The van der Waals surface area contributed by atoms with Crippen LogP contribution in [0, 0.1) is 11.8 Å². The van der Waals surface area contributed by atoms with Crippen LogP contribution in [0.25, 0.3) is 0 Å². The van der Waals surface area contributed by atoms with E-state index in [0.717, 1.165) is 38.2 Å². The molecule has 3 heterocycles. The fraction of sp³-hybridized carbons (Fsp3) is 0.649. The Morgan fingerprint density at radius 2 is 1.75 bits per heavy atom. The quantitative estimate of drug-likeness (QED) is 0.270. The minimum atomic E-state index is -0.936. The Balaban J connectivity index is 1.28. The average molecular weight is 727 g/mol. The predicted octanol–water partition coefficient (Wildman–Crippen LogP) is 1.81. The second kappa shape index (κ2) is 17.0. The topological polar surface area (TPSA) is 154 Å². The molecule has 14 heteroatoms. The number of nitrogens with one attached hydrogen (secondary N) is 2. The number of likely N-dealkylation sites (N-methyl/N-ethyl adjacent to an activating group) is 1. The number of amides is 3. The van der Waals surface area contributed by atoms with E-state index in [0.29, 0.717) is 31.7 Å². The van der Waals surface area contributed by atoms with Crippen molar-refractivity contribution in [3.8, 4) is 0 Å². The van der Waals surface area contributed by atoms with E-state index in [1.54, 1.807) is 4.90 Å². The molecular weight excluding hydrogens is 672 g/mol. The highest BCUT2D eigenvalue weighted by Crippen LogP contribution is 2.27. The van der Waals surface area contributed by atoms with E-state index in [9.17, 15) is 24.6 Å². The molecule has 3 amide bonds. The molecule has 51 heavy (non-hydrogen) atoms. The Kier molecular flexibility index (Phi) is 12.9. The fourth-order valence-corrected chi connectivity index (χ4v) is 7.59. The Morgan fingerprint density at radius 3 is 2.37 bits per heavy atom. The number of halogens is 1. The van der Waals surface area contributed by atoms with Crippen molar-refractivity contribution in [3.63, 3.8) is 0 Å². The zero-order chi connectivity index (χ0) is 36.9. The van der Waals surface area contributed by atoms with Crippen molar-refractivity contribution in [3.05, 3.63) is 52.9 Å². The van der Waals surface area contributed by atoms with E-state index < -0.39 is 29.7 Å². The van der Waals surface area contributed by atoms with Crippen LogP contribution in [0.4, 0.5) is 5.82 Å². The maximum Gasteiger partial charge on any atom is 0.274 e. The van der Waals surface area contributed by atoms with Crippen molar-refractivity contribution >= 4 is 35.1 Å². The number of aliphatic hydroxyl groups excluding tert-OH is 2. The third-order valence-corrected chi connectivity index (χ3v) is 10.5. The maximum atomic E-state index is 13.7. The molecule has 280 valence electrons.